The molecule has 0 aliphatic rings. The Balaban J connectivity index is 2.42. The average Bonchev–Trinajstić information content (AvgIpc) is 2.32. The van der Waals surface area contributed by atoms with Crippen LogP contribution in [-0.4, -0.2) is 18.7 Å². The maximum atomic E-state index is 12.6. The van der Waals surface area contributed by atoms with Crippen molar-refractivity contribution < 1.29 is 9.13 Å². The van der Waals surface area contributed by atoms with E-state index in [-0.39, 0.29) is 5.82 Å². The third-order valence-corrected chi connectivity index (χ3v) is 2.50. The second-order valence-corrected chi connectivity index (χ2v) is 4.03. The molecular formula is C13H17FN2O. The highest BCUT2D eigenvalue weighted by molar-refractivity contribution is 5.22. The van der Waals surface area contributed by atoms with Gasteiger partial charge in [-0.15, -0.1) is 0 Å². The Bertz CT molecular complexity index is 385. The van der Waals surface area contributed by atoms with Crippen molar-refractivity contribution in [1.29, 1.82) is 5.26 Å². The SMILES string of the molecule is CCNC(C)(C#N)CCOc1ccc(F)cc1. The lowest BCUT2D eigenvalue weighted by Gasteiger charge is -2.22. The zero-order chi connectivity index (χ0) is 12.7. The number of nitrogens with zero attached hydrogens (tertiary/aromatic N) is 1. The summed E-state index contributed by atoms with van der Waals surface area (Å²) in [5.41, 5.74) is -0.575. The van der Waals surface area contributed by atoms with Crippen LogP contribution in [0.1, 0.15) is 20.3 Å². The molecule has 0 saturated heterocycles. The minimum Gasteiger partial charge on any atom is -0.493 e. The van der Waals surface area contributed by atoms with Gasteiger partial charge in [0, 0.05) is 6.42 Å². The van der Waals surface area contributed by atoms with Crippen molar-refractivity contribution in [2.45, 2.75) is 25.8 Å². The number of benzene rings is 1. The van der Waals surface area contributed by atoms with Gasteiger partial charge in [0.15, 0.2) is 0 Å². The second-order valence-electron chi connectivity index (χ2n) is 4.03. The monoisotopic (exact) mass is 236 g/mol. The number of ether oxygens (including phenoxy) is 1. The molecular weight excluding hydrogens is 219 g/mol. The minimum absolute atomic E-state index is 0.285. The summed E-state index contributed by atoms with van der Waals surface area (Å²) >= 11 is 0. The van der Waals surface area contributed by atoms with Crippen LogP contribution in [0.15, 0.2) is 24.3 Å². The molecule has 0 spiro atoms. The van der Waals surface area contributed by atoms with Gasteiger partial charge in [-0.05, 0) is 37.7 Å². The molecule has 17 heavy (non-hydrogen) atoms. The molecule has 1 N–H and O–H groups in total. The summed E-state index contributed by atoms with van der Waals surface area (Å²) < 4.78 is 18.1. The fraction of sp³-hybridized carbons (Fsp3) is 0.462. The highest BCUT2D eigenvalue weighted by Gasteiger charge is 2.21. The summed E-state index contributed by atoms with van der Waals surface area (Å²) in [4.78, 5) is 0. The Morgan fingerprint density at radius 2 is 2.06 bits per heavy atom. The summed E-state index contributed by atoms with van der Waals surface area (Å²) in [7, 11) is 0. The summed E-state index contributed by atoms with van der Waals surface area (Å²) in [5, 5.41) is 12.1. The van der Waals surface area contributed by atoms with Gasteiger partial charge < -0.3 is 4.74 Å². The van der Waals surface area contributed by atoms with Crippen molar-refractivity contribution in [3.8, 4) is 11.8 Å². The fourth-order valence-electron chi connectivity index (χ4n) is 1.48. The summed E-state index contributed by atoms with van der Waals surface area (Å²) in [5.74, 6) is 0.329. The molecule has 0 aliphatic carbocycles. The molecule has 92 valence electrons. The predicted molar refractivity (Wildman–Crippen MR) is 64.2 cm³/mol. The lowest BCUT2D eigenvalue weighted by atomic mass is 10.0. The molecule has 0 amide bonds. The first kappa shape index (κ1) is 13.5. The van der Waals surface area contributed by atoms with Crippen LogP contribution in [0, 0.1) is 17.1 Å². The van der Waals surface area contributed by atoms with Gasteiger partial charge in [-0.1, -0.05) is 6.92 Å². The van der Waals surface area contributed by atoms with Crippen LogP contribution >= 0.6 is 0 Å². The van der Waals surface area contributed by atoms with Gasteiger partial charge in [0.2, 0.25) is 0 Å². The molecule has 0 bridgehead atoms. The van der Waals surface area contributed by atoms with E-state index >= 15 is 0 Å². The third-order valence-electron chi connectivity index (χ3n) is 2.50. The Morgan fingerprint density at radius 3 is 2.59 bits per heavy atom. The van der Waals surface area contributed by atoms with Gasteiger partial charge in [-0.2, -0.15) is 5.26 Å². The number of hydrogen-bond donors (Lipinski definition) is 1. The molecule has 0 radical (unpaired) electrons. The van der Waals surface area contributed by atoms with Crippen molar-refractivity contribution in [2.75, 3.05) is 13.2 Å². The third kappa shape index (κ3) is 4.41. The number of rotatable bonds is 6. The van der Waals surface area contributed by atoms with E-state index in [1.54, 1.807) is 12.1 Å². The summed E-state index contributed by atoms with van der Waals surface area (Å²) in [6, 6.07) is 8.08. The molecule has 1 atom stereocenters. The van der Waals surface area contributed by atoms with Crippen LogP contribution in [0.25, 0.3) is 0 Å². The standard InChI is InChI=1S/C13H17FN2O/c1-3-16-13(2,10-15)8-9-17-12-6-4-11(14)5-7-12/h4-7,16H,3,8-9H2,1-2H3. The maximum Gasteiger partial charge on any atom is 0.123 e. The molecule has 0 heterocycles. The van der Waals surface area contributed by atoms with Gasteiger partial charge in [0.1, 0.15) is 17.1 Å². The zero-order valence-corrected chi connectivity index (χ0v) is 10.2. The van der Waals surface area contributed by atoms with E-state index in [2.05, 4.69) is 11.4 Å². The fourth-order valence-corrected chi connectivity index (χ4v) is 1.48. The van der Waals surface area contributed by atoms with Gasteiger partial charge in [0.05, 0.1) is 12.7 Å². The largest absolute Gasteiger partial charge is 0.493 e. The Morgan fingerprint density at radius 1 is 1.41 bits per heavy atom. The Hall–Kier alpha value is -1.60. The van der Waals surface area contributed by atoms with Crippen LogP contribution in [-0.2, 0) is 0 Å². The Labute approximate surface area is 101 Å². The normalized spacial score (nSPS) is 13.8. The van der Waals surface area contributed by atoms with Crippen molar-refractivity contribution in [1.82, 2.24) is 5.32 Å². The second kappa shape index (κ2) is 6.21. The first-order valence-corrected chi connectivity index (χ1v) is 5.64. The van der Waals surface area contributed by atoms with Crippen LogP contribution in [0.3, 0.4) is 0 Å². The van der Waals surface area contributed by atoms with E-state index in [9.17, 15) is 4.39 Å². The molecule has 0 saturated carbocycles. The van der Waals surface area contributed by atoms with Crippen molar-refractivity contribution in [2.24, 2.45) is 0 Å². The van der Waals surface area contributed by atoms with Gasteiger partial charge in [-0.25, -0.2) is 4.39 Å². The lowest BCUT2D eigenvalue weighted by molar-refractivity contribution is 0.268. The van der Waals surface area contributed by atoms with E-state index in [1.807, 2.05) is 13.8 Å². The molecule has 0 aromatic heterocycles. The van der Waals surface area contributed by atoms with Crippen LogP contribution in [0.4, 0.5) is 4.39 Å². The number of hydrogen-bond acceptors (Lipinski definition) is 3. The lowest BCUT2D eigenvalue weighted by Crippen LogP contribution is -2.42. The van der Waals surface area contributed by atoms with Crippen molar-refractivity contribution >= 4 is 0 Å². The molecule has 1 aromatic carbocycles. The maximum absolute atomic E-state index is 12.6. The topological polar surface area (TPSA) is 45.0 Å². The minimum atomic E-state index is -0.575. The molecule has 0 aliphatic heterocycles. The predicted octanol–water partition coefficient (Wildman–Crippen LogP) is 2.49. The molecule has 1 unspecified atom stereocenters. The van der Waals surface area contributed by atoms with Gasteiger partial charge in [-0.3, -0.25) is 5.32 Å². The number of nitrogens with one attached hydrogen (secondary N) is 1. The van der Waals surface area contributed by atoms with Gasteiger partial charge >= 0.3 is 0 Å². The van der Waals surface area contributed by atoms with E-state index in [1.165, 1.54) is 12.1 Å². The number of halogens is 1. The van der Waals surface area contributed by atoms with Crippen LogP contribution in [0.2, 0.25) is 0 Å². The molecule has 1 rings (SSSR count). The highest BCUT2D eigenvalue weighted by atomic mass is 19.1. The van der Waals surface area contributed by atoms with Crippen LogP contribution < -0.4 is 10.1 Å². The molecule has 0 fully saturated rings. The first-order valence-electron chi connectivity index (χ1n) is 5.64. The molecule has 3 nitrogen and oxygen atoms in total. The number of nitriles is 1. The average molecular weight is 236 g/mol. The molecule has 1 aromatic rings. The zero-order valence-electron chi connectivity index (χ0n) is 10.2. The van der Waals surface area contributed by atoms with E-state index < -0.39 is 5.54 Å². The summed E-state index contributed by atoms with van der Waals surface area (Å²) in [6.07, 6.45) is 0.578. The molecule has 4 heteroatoms. The first-order chi connectivity index (χ1) is 8.09. The smallest absolute Gasteiger partial charge is 0.123 e. The summed E-state index contributed by atoms with van der Waals surface area (Å²) in [6.45, 7) is 4.95. The van der Waals surface area contributed by atoms with Crippen molar-refractivity contribution in [3.05, 3.63) is 30.1 Å². The quantitative estimate of drug-likeness (QED) is 0.825. The Kier molecular flexibility index (Phi) is 4.92. The van der Waals surface area contributed by atoms with Gasteiger partial charge in [0.25, 0.3) is 0 Å². The van der Waals surface area contributed by atoms with E-state index in [0.717, 1.165) is 6.54 Å². The van der Waals surface area contributed by atoms with Crippen molar-refractivity contribution in [3.63, 3.8) is 0 Å². The van der Waals surface area contributed by atoms with E-state index in [4.69, 9.17) is 10.00 Å². The highest BCUT2D eigenvalue weighted by Crippen LogP contribution is 2.13. The van der Waals surface area contributed by atoms with E-state index in [0.29, 0.717) is 18.8 Å². The van der Waals surface area contributed by atoms with Crippen LogP contribution in [0.5, 0.6) is 5.75 Å².